The van der Waals surface area contributed by atoms with E-state index in [0.717, 1.165) is 5.69 Å². The molecule has 2 rings (SSSR count). The summed E-state index contributed by atoms with van der Waals surface area (Å²) in [5, 5.41) is 3.14. The fourth-order valence-corrected chi connectivity index (χ4v) is 1.82. The van der Waals surface area contributed by atoms with Crippen molar-refractivity contribution in [3.63, 3.8) is 0 Å². The molecule has 3 N–H and O–H groups in total. The van der Waals surface area contributed by atoms with Crippen LogP contribution in [0.5, 0.6) is 17.2 Å². The Morgan fingerprint density at radius 3 is 2.15 bits per heavy atom. The Kier molecular flexibility index (Phi) is 4.14. The van der Waals surface area contributed by atoms with Crippen LogP contribution in [0.2, 0.25) is 0 Å². The Bertz CT molecular complexity index is 577. The van der Waals surface area contributed by atoms with Crippen molar-refractivity contribution in [1.82, 2.24) is 4.98 Å². The third kappa shape index (κ3) is 2.85. The number of benzene rings is 1. The van der Waals surface area contributed by atoms with E-state index < -0.39 is 0 Å². The molecule has 0 aliphatic rings. The molecule has 0 fully saturated rings. The Labute approximate surface area is 117 Å². The molecule has 0 spiro atoms. The van der Waals surface area contributed by atoms with Gasteiger partial charge in [-0.2, -0.15) is 0 Å². The maximum Gasteiger partial charge on any atom is 0.203 e. The molecular formula is C14H17N3O3. The summed E-state index contributed by atoms with van der Waals surface area (Å²) >= 11 is 0. The van der Waals surface area contributed by atoms with Gasteiger partial charge in [0.15, 0.2) is 11.5 Å². The second-order valence-electron chi connectivity index (χ2n) is 4.01. The molecule has 0 atom stereocenters. The van der Waals surface area contributed by atoms with Gasteiger partial charge >= 0.3 is 0 Å². The molecule has 20 heavy (non-hydrogen) atoms. The third-order valence-corrected chi connectivity index (χ3v) is 2.72. The number of hydrogen-bond acceptors (Lipinski definition) is 6. The number of nitrogen functional groups attached to an aromatic ring is 1. The van der Waals surface area contributed by atoms with E-state index in [2.05, 4.69) is 10.3 Å². The van der Waals surface area contributed by atoms with Crippen LogP contribution in [0.15, 0.2) is 30.5 Å². The topological polar surface area (TPSA) is 78.6 Å². The predicted molar refractivity (Wildman–Crippen MR) is 78.0 cm³/mol. The highest BCUT2D eigenvalue weighted by Gasteiger charge is 2.13. The summed E-state index contributed by atoms with van der Waals surface area (Å²) in [6.07, 6.45) is 1.63. The van der Waals surface area contributed by atoms with E-state index in [9.17, 15) is 0 Å². The monoisotopic (exact) mass is 275 g/mol. The van der Waals surface area contributed by atoms with Gasteiger partial charge in [0.2, 0.25) is 5.75 Å². The van der Waals surface area contributed by atoms with Crippen molar-refractivity contribution in [3.05, 3.63) is 30.5 Å². The quantitative estimate of drug-likeness (QED) is 0.872. The summed E-state index contributed by atoms with van der Waals surface area (Å²) in [6.45, 7) is 0. The summed E-state index contributed by atoms with van der Waals surface area (Å²) in [4.78, 5) is 4.18. The number of pyridine rings is 1. The average Bonchev–Trinajstić information content (AvgIpc) is 2.46. The van der Waals surface area contributed by atoms with E-state index in [0.29, 0.717) is 28.8 Å². The van der Waals surface area contributed by atoms with E-state index in [4.69, 9.17) is 19.9 Å². The first kappa shape index (κ1) is 13.8. The van der Waals surface area contributed by atoms with Crippen molar-refractivity contribution < 1.29 is 14.2 Å². The molecule has 0 unspecified atom stereocenters. The van der Waals surface area contributed by atoms with Gasteiger partial charge in [0.05, 0.1) is 21.3 Å². The van der Waals surface area contributed by atoms with Crippen molar-refractivity contribution in [3.8, 4) is 17.2 Å². The summed E-state index contributed by atoms with van der Waals surface area (Å²) < 4.78 is 15.9. The molecule has 0 aliphatic heterocycles. The Hall–Kier alpha value is -2.63. The maximum atomic E-state index is 5.72. The van der Waals surface area contributed by atoms with Gasteiger partial charge in [0.1, 0.15) is 5.82 Å². The number of hydrogen-bond donors (Lipinski definition) is 2. The number of methoxy groups -OCH3 is 3. The lowest BCUT2D eigenvalue weighted by Gasteiger charge is -2.14. The number of nitrogens with zero attached hydrogens (tertiary/aromatic N) is 1. The molecule has 6 nitrogen and oxygen atoms in total. The summed E-state index contributed by atoms with van der Waals surface area (Å²) in [7, 11) is 4.70. The molecule has 0 saturated heterocycles. The first-order valence-electron chi connectivity index (χ1n) is 5.96. The smallest absolute Gasteiger partial charge is 0.203 e. The fraction of sp³-hybridized carbons (Fsp3) is 0.214. The molecule has 106 valence electrons. The Morgan fingerprint density at radius 2 is 1.65 bits per heavy atom. The zero-order chi connectivity index (χ0) is 14.5. The van der Waals surface area contributed by atoms with Crippen LogP contribution in [0.3, 0.4) is 0 Å². The second kappa shape index (κ2) is 6.01. The third-order valence-electron chi connectivity index (χ3n) is 2.72. The Morgan fingerprint density at radius 1 is 1.00 bits per heavy atom. The standard InChI is InChI=1S/C14H17N3O3/c1-18-11-7-10(8-12(19-2)14(11)20-3)17-13-6-9(15)4-5-16-13/h4-8H,1-3H3,(H3,15,16,17). The van der Waals surface area contributed by atoms with Gasteiger partial charge in [-0.3, -0.25) is 0 Å². The van der Waals surface area contributed by atoms with E-state index >= 15 is 0 Å². The zero-order valence-electron chi connectivity index (χ0n) is 11.6. The molecule has 2 aromatic rings. The lowest BCUT2D eigenvalue weighted by Crippen LogP contribution is -1.99. The highest BCUT2D eigenvalue weighted by molar-refractivity contribution is 5.67. The van der Waals surface area contributed by atoms with Crippen LogP contribution in [0.4, 0.5) is 17.2 Å². The van der Waals surface area contributed by atoms with Gasteiger partial charge in [-0.15, -0.1) is 0 Å². The molecule has 1 aromatic heterocycles. The van der Waals surface area contributed by atoms with Crippen molar-refractivity contribution in [2.45, 2.75) is 0 Å². The van der Waals surface area contributed by atoms with E-state index in [1.54, 1.807) is 51.8 Å². The number of rotatable bonds is 5. The lowest BCUT2D eigenvalue weighted by atomic mass is 10.2. The summed E-state index contributed by atoms with van der Waals surface area (Å²) in [6, 6.07) is 7.06. The minimum atomic E-state index is 0.543. The number of aromatic nitrogens is 1. The second-order valence-corrected chi connectivity index (χ2v) is 4.01. The first-order chi connectivity index (χ1) is 9.67. The predicted octanol–water partition coefficient (Wildman–Crippen LogP) is 2.43. The van der Waals surface area contributed by atoms with Crippen molar-refractivity contribution in [2.75, 3.05) is 32.4 Å². The normalized spacial score (nSPS) is 9.95. The molecule has 1 heterocycles. The van der Waals surface area contributed by atoms with Crippen LogP contribution in [0, 0.1) is 0 Å². The number of nitrogens with two attached hydrogens (primary N) is 1. The number of ether oxygens (including phenoxy) is 3. The number of nitrogens with one attached hydrogen (secondary N) is 1. The van der Waals surface area contributed by atoms with E-state index in [1.807, 2.05) is 0 Å². The average molecular weight is 275 g/mol. The van der Waals surface area contributed by atoms with E-state index in [-0.39, 0.29) is 0 Å². The molecule has 0 saturated carbocycles. The largest absolute Gasteiger partial charge is 0.493 e. The zero-order valence-corrected chi connectivity index (χ0v) is 11.6. The number of anilines is 3. The molecular weight excluding hydrogens is 258 g/mol. The fourth-order valence-electron chi connectivity index (χ4n) is 1.82. The molecule has 0 bridgehead atoms. The van der Waals surface area contributed by atoms with Crippen LogP contribution in [0.25, 0.3) is 0 Å². The van der Waals surface area contributed by atoms with Gasteiger partial charge < -0.3 is 25.3 Å². The van der Waals surface area contributed by atoms with Crippen molar-refractivity contribution in [2.24, 2.45) is 0 Å². The molecule has 1 aromatic carbocycles. The van der Waals surface area contributed by atoms with E-state index in [1.165, 1.54) is 0 Å². The van der Waals surface area contributed by atoms with Crippen molar-refractivity contribution in [1.29, 1.82) is 0 Å². The maximum absolute atomic E-state index is 5.72. The van der Waals surface area contributed by atoms with Gasteiger partial charge in [-0.05, 0) is 6.07 Å². The molecule has 6 heteroatoms. The van der Waals surface area contributed by atoms with Gasteiger partial charge in [0, 0.05) is 35.8 Å². The summed E-state index contributed by atoms with van der Waals surface area (Å²) in [5.41, 5.74) is 7.12. The van der Waals surface area contributed by atoms with Crippen molar-refractivity contribution >= 4 is 17.2 Å². The highest BCUT2D eigenvalue weighted by Crippen LogP contribution is 2.40. The van der Waals surface area contributed by atoms with Crippen LogP contribution < -0.4 is 25.3 Å². The lowest BCUT2D eigenvalue weighted by molar-refractivity contribution is 0.324. The SMILES string of the molecule is COc1cc(Nc2cc(N)ccn2)cc(OC)c1OC. The van der Waals surface area contributed by atoms with Gasteiger partial charge in [-0.1, -0.05) is 0 Å². The van der Waals surface area contributed by atoms with Gasteiger partial charge in [-0.25, -0.2) is 4.98 Å². The van der Waals surface area contributed by atoms with Crippen LogP contribution >= 0.6 is 0 Å². The molecule has 0 amide bonds. The minimum absolute atomic E-state index is 0.543. The van der Waals surface area contributed by atoms with Crippen LogP contribution in [0.1, 0.15) is 0 Å². The molecule has 0 aliphatic carbocycles. The molecule has 0 radical (unpaired) electrons. The Balaban J connectivity index is 2.37. The van der Waals surface area contributed by atoms with Crippen LogP contribution in [-0.2, 0) is 0 Å². The van der Waals surface area contributed by atoms with Gasteiger partial charge in [0.25, 0.3) is 0 Å². The highest BCUT2D eigenvalue weighted by atomic mass is 16.5. The first-order valence-corrected chi connectivity index (χ1v) is 5.96. The summed E-state index contributed by atoms with van der Waals surface area (Å²) in [5.74, 6) is 2.32. The van der Waals surface area contributed by atoms with Crippen LogP contribution in [-0.4, -0.2) is 26.3 Å². The minimum Gasteiger partial charge on any atom is -0.493 e.